The van der Waals surface area contributed by atoms with Crippen molar-refractivity contribution < 1.29 is 14.1 Å². The maximum Gasteiger partial charge on any atom is 0.222 e. The third kappa shape index (κ3) is 3.67. The van der Waals surface area contributed by atoms with Crippen molar-refractivity contribution in [1.29, 1.82) is 0 Å². The molecule has 2 aromatic rings. The Balaban J connectivity index is 1.52. The highest BCUT2D eigenvalue weighted by atomic mass is 16.5. The Kier molecular flexibility index (Phi) is 5.00. The Morgan fingerprint density at radius 1 is 1.29 bits per heavy atom. The Bertz CT molecular complexity index is 704. The first-order valence-electron chi connectivity index (χ1n) is 8.38. The molecule has 5 heteroatoms. The van der Waals surface area contributed by atoms with Gasteiger partial charge in [0.1, 0.15) is 5.76 Å². The van der Waals surface area contributed by atoms with Gasteiger partial charge in [-0.15, -0.1) is 0 Å². The zero-order valence-corrected chi connectivity index (χ0v) is 14.5. The van der Waals surface area contributed by atoms with Crippen molar-refractivity contribution >= 4 is 5.91 Å². The second kappa shape index (κ2) is 7.18. The van der Waals surface area contributed by atoms with E-state index in [9.17, 15) is 4.79 Å². The number of amides is 1. The van der Waals surface area contributed by atoms with E-state index in [0.717, 1.165) is 23.4 Å². The largest absolute Gasteiger partial charge is 0.371 e. The Labute approximate surface area is 142 Å². The molecular formula is C19H24N2O3. The van der Waals surface area contributed by atoms with Crippen molar-refractivity contribution in [2.45, 2.75) is 45.8 Å². The highest BCUT2D eigenvalue weighted by Crippen LogP contribution is 2.21. The number of aromatic nitrogens is 1. The molecule has 1 amide bonds. The van der Waals surface area contributed by atoms with Gasteiger partial charge in [-0.3, -0.25) is 4.79 Å². The van der Waals surface area contributed by atoms with Crippen LogP contribution >= 0.6 is 0 Å². The van der Waals surface area contributed by atoms with Crippen molar-refractivity contribution in [2.24, 2.45) is 0 Å². The molecule has 24 heavy (non-hydrogen) atoms. The number of aryl methyl sites for hydroxylation is 2. The summed E-state index contributed by atoms with van der Waals surface area (Å²) in [6.45, 7) is 5.04. The standard InChI is InChI=1S/C19H24N2O3/c1-13-18(14(2)24-20-13)8-9-19(22)21(3)11-17-10-15-6-4-5-7-16(15)12-23-17/h4-7,17H,8-12H2,1-3H3/t17-/m0/s1. The summed E-state index contributed by atoms with van der Waals surface area (Å²) in [5.41, 5.74) is 4.49. The van der Waals surface area contributed by atoms with Gasteiger partial charge in [0.25, 0.3) is 0 Å². The number of ether oxygens (including phenoxy) is 1. The quantitative estimate of drug-likeness (QED) is 0.847. The van der Waals surface area contributed by atoms with Crippen LogP contribution in [0.15, 0.2) is 28.8 Å². The number of rotatable bonds is 5. The minimum Gasteiger partial charge on any atom is -0.371 e. The average Bonchev–Trinajstić information content (AvgIpc) is 2.90. The molecule has 3 rings (SSSR count). The number of nitrogens with zero attached hydrogens (tertiary/aromatic N) is 2. The van der Waals surface area contributed by atoms with E-state index in [4.69, 9.17) is 9.26 Å². The number of hydrogen-bond donors (Lipinski definition) is 0. The van der Waals surface area contributed by atoms with E-state index in [-0.39, 0.29) is 12.0 Å². The monoisotopic (exact) mass is 328 g/mol. The van der Waals surface area contributed by atoms with Crippen LogP contribution in [0.5, 0.6) is 0 Å². The zero-order valence-electron chi connectivity index (χ0n) is 14.5. The van der Waals surface area contributed by atoms with Gasteiger partial charge >= 0.3 is 0 Å². The number of fused-ring (bicyclic) bond motifs is 1. The van der Waals surface area contributed by atoms with Crippen molar-refractivity contribution in [1.82, 2.24) is 10.1 Å². The van der Waals surface area contributed by atoms with Crippen LogP contribution in [0, 0.1) is 13.8 Å². The Hall–Kier alpha value is -2.14. The van der Waals surface area contributed by atoms with Crippen LogP contribution < -0.4 is 0 Å². The SMILES string of the molecule is Cc1noc(C)c1CCC(=O)N(C)C[C@@H]1Cc2ccccc2CO1. The van der Waals surface area contributed by atoms with E-state index >= 15 is 0 Å². The molecule has 0 bridgehead atoms. The van der Waals surface area contributed by atoms with Crippen molar-refractivity contribution in [3.63, 3.8) is 0 Å². The van der Waals surface area contributed by atoms with Crippen LogP contribution in [-0.4, -0.2) is 35.7 Å². The second-order valence-electron chi connectivity index (χ2n) is 6.48. The Morgan fingerprint density at radius 2 is 2.04 bits per heavy atom. The van der Waals surface area contributed by atoms with Crippen LogP contribution in [0.1, 0.15) is 34.6 Å². The van der Waals surface area contributed by atoms with E-state index in [0.29, 0.717) is 26.0 Å². The van der Waals surface area contributed by atoms with Gasteiger partial charge in [0.15, 0.2) is 0 Å². The minimum absolute atomic E-state index is 0.0629. The zero-order chi connectivity index (χ0) is 17.1. The summed E-state index contributed by atoms with van der Waals surface area (Å²) >= 11 is 0. The second-order valence-corrected chi connectivity index (χ2v) is 6.48. The fourth-order valence-corrected chi connectivity index (χ4v) is 3.22. The molecule has 0 aliphatic carbocycles. The third-order valence-electron chi connectivity index (χ3n) is 4.71. The van der Waals surface area contributed by atoms with Gasteiger partial charge in [0, 0.05) is 32.0 Å². The summed E-state index contributed by atoms with van der Waals surface area (Å²) in [7, 11) is 1.85. The molecule has 0 saturated heterocycles. The lowest BCUT2D eigenvalue weighted by molar-refractivity contribution is -0.132. The molecule has 5 nitrogen and oxygen atoms in total. The molecule has 1 aromatic carbocycles. The summed E-state index contributed by atoms with van der Waals surface area (Å²) in [5.74, 6) is 0.924. The molecule has 1 atom stereocenters. The molecule has 0 spiro atoms. The van der Waals surface area contributed by atoms with Crippen molar-refractivity contribution in [3.05, 3.63) is 52.4 Å². The maximum absolute atomic E-state index is 12.4. The first-order valence-corrected chi connectivity index (χ1v) is 8.38. The van der Waals surface area contributed by atoms with Crippen molar-refractivity contribution in [3.8, 4) is 0 Å². The van der Waals surface area contributed by atoms with E-state index in [2.05, 4.69) is 23.4 Å². The topological polar surface area (TPSA) is 55.6 Å². The Morgan fingerprint density at radius 3 is 2.75 bits per heavy atom. The number of carbonyl (C=O) groups excluding carboxylic acids is 1. The van der Waals surface area contributed by atoms with Gasteiger partial charge in [-0.1, -0.05) is 29.4 Å². The summed E-state index contributed by atoms with van der Waals surface area (Å²) < 4.78 is 11.0. The fourth-order valence-electron chi connectivity index (χ4n) is 3.22. The highest BCUT2D eigenvalue weighted by molar-refractivity contribution is 5.76. The number of carbonyl (C=O) groups is 1. The number of likely N-dealkylation sites (N-methyl/N-ethyl adjacent to an activating group) is 1. The predicted molar refractivity (Wildman–Crippen MR) is 90.7 cm³/mol. The lowest BCUT2D eigenvalue weighted by Gasteiger charge is -2.29. The molecule has 1 aliphatic rings. The van der Waals surface area contributed by atoms with Crippen molar-refractivity contribution in [2.75, 3.05) is 13.6 Å². The predicted octanol–water partition coefficient (Wildman–Crippen LogP) is 2.82. The lowest BCUT2D eigenvalue weighted by atomic mass is 9.99. The highest BCUT2D eigenvalue weighted by Gasteiger charge is 2.22. The molecule has 0 saturated carbocycles. The molecular weight excluding hydrogens is 304 g/mol. The van der Waals surface area contributed by atoms with Gasteiger partial charge in [-0.2, -0.15) is 0 Å². The summed E-state index contributed by atoms with van der Waals surface area (Å²) in [6.07, 6.45) is 2.05. The third-order valence-corrected chi connectivity index (χ3v) is 4.71. The molecule has 1 aliphatic heterocycles. The van der Waals surface area contributed by atoms with Crippen LogP contribution in [-0.2, 0) is 29.0 Å². The molecule has 1 aromatic heterocycles. The van der Waals surface area contributed by atoms with E-state index in [1.54, 1.807) is 4.90 Å². The van der Waals surface area contributed by atoms with Crippen LogP contribution in [0.3, 0.4) is 0 Å². The van der Waals surface area contributed by atoms with E-state index in [1.165, 1.54) is 11.1 Å². The van der Waals surface area contributed by atoms with Gasteiger partial charge < -0.3 is 14.2 Å². The summed E-state index contributed by atoms with van der Waals surface area (Å²) in [6, 6.07) is 8.33. The molecule has 0 unspecified atom stereocenters. The van der Waals surface area contributed by atoms with E-state index < -0.39 is 0 Å². The van der Waals surface area contributed by atoms with E-state index in [1.807, 2.05) is 27.0 Å². The normalized spacial score (nSPS) is 16.7. The molecule has 128 valence electrons. The van der Waals surface area contributed by atoms with Crippen LogP contribution in [0.4, 0.5) is 0 Å². The maximum atomic E-state index is 12.4. The molecule has 0 radical (unpaired) electrons. The molecule has 0 N–H and O–H groups in total. The minimum atomic E-state index is 0.0629. The molecule has 2 heterocycles. The number of benzene rings is 1. The van der Waals surface area contributed by atoms with Crippen LogP contribution in [0.25, 0.3) is 0 Å². The van der Waals surface area contributed by atoms with Gasteiger partial charge in [-0.25, -0.2) is 0 Å². The summed E-state index contributed by atoms with van der Waals surface area (Å²) in [5, 5.41) is 3.93. The lowest BCUT2D eigenvalue weighted by Crippen LogP contribution is -2.38. The first kappa shape index (κ1) is 16.7. The van der Waals surface area contributed by atoms with Gasteiger partial charge in [-0.05, 0) is 31.4 Å². The molecule has 0 fully saturated rings. The smallest absolute Gasteiger partial charge is 0.222 e. The average molecular weight is 328 g/mol. The van der Waals surface area contributed by atoms with Gasteiger partial charge in [0.2, 0.25) is 5.91 Å². The van der Waals surface area contributed by atoms with Gasteiger partial charge in [0.05, 0.1) is 18.4 Å². The summed E-state index contributed by atoms with van der Waals surface area (Å²) in [4.78, 5) is 14.2. The fraction of sp³-hybridized carbons (Fsp3) is 0.474. The number of hydrogen-bond acceptors (Lipinski definition) is 4. The van der Waals surface area contributed by atoms with Crippen LogP contribution in [0.2, 0.25) is 0 Å². The first-order chi connectivity index (χ1) is 11.5.